The van der Waals surface area contributed by atoms with Gasteiger partial charge in [-0.05, 0) is 60.8 Å². The number of β-amino-alcohol motifs (C(OH)–C–C–N with tert-alkyl or cyclic N) is 1. The minimum absolute atomic E-state index is 0.0296. The summed E-state index contributed by atoms with van der Waals surface area (Å²) in [4.78, 5) is 17.0. The highest BCUT2D eigenvalue weighted by atomic mass is 35.5. The van der Waals surface area contributed by atoms with Gasteiger partial charge in [-0.15, -0.1) is 0 Å². The van der Waals surface area contributed by atoms with E-state index in [1.54, 1.807) is 30.3 Å². The number of likely N-dealkylation sites (N-methyl/N-ethyl adjacent to an activating group) is 1. The summed E-state index contributed by atoms with van der Waals surface area (Å²) in [6.45, 7) is 2.29. The largest absolute Gasteiger partial charge is 0.492 e. The molecule has 0 radical (unpaired) electrons. The van der Waals surface area contributed by atoms with Crippen molar-refractivity contribution in [2.24, 2.45) is 5.41 Å². The third kappa shape index (κ3) is 7.28. The van der Waals surface area contributed by atoms with Crippen LogP contribution in [0.1, 0.15) is 18.4 Å². The summed E-state index contributed by atoms with van der Waals surface area (Å²) in [5.74, 6) is 0.351. The average Bonchev–Trinajstić information content (AvgIpc) is 2.96. The zero-order chi connectivity index (χ0) is 29.0. The van der Waals surface area contributed by atoms with Gasteiger partial charge in [0.2, 0.25) is 15.9 Å². The van der Waals surface area contributed by atoms with Crippen molar-refractivity contribution in [3.05, 3.63) is 83.4 Å². The van der Waals surface area contributed by atoms with Gasteiger partial charge in [-0.3, -0.25) is 4.79 Å². The van der Waals surface area contributed by atoms with E-state index >= 15 is 0 Å². The molecule has 0 bridgehead atoms. The van der Waals surface area contributed by atoms with Crippen LogP contribution in [-0.2, 0) is 21.2 Å². The highest BCUT2D eigenvalue weighted by molar-refractivity contribution is 7.89. The van der Waals surface area contributed by atoms with Crippen molar-refractivity contribution in [1.82, 2.24) is 14.5 Å². The molecule has 3 aromatic rings. The maximum absolute atomic E-state index is 13.3. The summed E-state index contributed by atoms with van der Waals surface area (Å²) in [7, 11) is -2.02. The van der Waals surface area contributed by atoms with Gasteiger partial charge in [0.15, 0.2) is 0 Å². The van der Waals surface area contributed by atoms with E-state index in [0.29, 0.717) is 50.5 Å². The Labute approximate surface area is 246 Å². The Balaban J connectivity index is 1.41. The van der Waals surface area contributed by atoms with Crippen LogP contribution in [0.2, 0.25) is 5.02 Å². The quantitative estimate of drug-likeness (QED) is 0.476. The lowest BCUT2D eigenvalue weighted by Crippen LogP contribution is -2.51. The van der Waals surface area contributed by atoms with Crippen LogP contribution < -0.4 is 9.46 Å². The van der Waals surface area contributed by atoms with Crippen LogP contribution in [0.3, 0.4) is 0 Å². The topological polar surface area (TPSA) is 99.2 Å². The van der Waals surface area contributed by atoms with Gasteiger partial charge in [0.05, 0.1) is 19.1 Å². The molecule has 1 amide bonds. The Morgan fingerprint density at radius 2 is 1.73 bits per heavy atom. The van der Waals surface area contributed by atoms with Gasteiger partial charge in [-0.2, -0.15) is 0 Å². The van der Waals surface area contributed by atoms with E-state index in [9.17, 15) is 18.3 Å². The van der Waals surface area contributed by atoms with Crippen LogP contribution in [0.4, 0.5) is 0 Å². The van der Waals surface area contributed by atoms with E-state index in [-0.39, 0.29) is 35.1 Å². The summed E-state index contributed by atoms with van der Waals surface area (Å²) in [5, 5.41) is 11.2. The third-order valence-corrected chi connectivity index (χ3v) is 9.67. The molecule has 10 heteroatoms. The average molecular weight is 598 g/mol. The number of carbonyl (C=O) groups excluding carboxylic acids is 1. The minimum Gasteiger partial charge on any atom is -0.492 e. The molecule has 218 valence electrons. The van der Waals surface area contributed by atoms with E-state index in [2.05, 4.69) is 4.72 Å². The van der Waals surface area contributed by atoms with Crippen molar-refractivity contribution in [3.63, 3.8) is 0 Å². The number of carbonyl (C=O) groups is 1. The van der Waals surface area contributed by atoms with Crippen LogP contribution in [-0.4, -0.2) is 81.7 Å². The number of ether oxygens (including phenoxy) is 1. The predicted molar refractivity (Wildman–Crippen MR) is 159 cm³/mol. The number of nitrogens with one attached hydrogen (secondary N) is 1. The van der Waals surface area contributed by atoms with Crippen LogP contribution in [0.15, 0.2) is 77.7 Å². The molecule has 2 heterocycles. The van der Waals surface area contributed by atoms with Crippen LogP contribution in [0, 0.1) is 5.41 Å². The number of amides is 1. The minimum atomic E-state index is -3.95. The van der Waals surface area contributed by atoms with Crippen molar-refractivity contribution >= 4 is 27.5 Å². The monoisotopic (exact) mass is 597 g/mol. The Kier molecular flexibility index (Phi) is 9.01. The molecule has 1 saturated heterocycles. The van der Waals surface area contributed by atoms with E-state index in [0.717, 1.165) is 16.7 Å². The first-order valence-corrected chi connectivity index (χ1v) is 15.7. The van der Waals surface area contributed by atoms with Gasteiger partial charge >= 0.3 is 0 Å². The maximum atomic E-state index is 13.3. The third-order valence-electron chi connectivity index (χ3n) is 7.96. The SMILES string of the molecule is CN1CC(O)CNS(=O)(=O)c2ccc(-c3ccc(Cl)cc3)cc2OCC2(CCN(C(=O)Cc3ccccc3)CC2)C1. The van der Waals surface area contributed by atoms with Gasteiger partial charge in [0.1, 0.15) is 10.6 Å². The predicted octanol–water partition coefficient (Wildman–Crippen LogP) is 3.82. The fraction of sp³-hybridized carbons (Fsp3) is 0.387. The molecule has 2 aliphatic heterocycles. The summed E-state index contributed by atoms with van der Waals surface area (Å²) in [5.41, 5.74) is 2.34. The number of sulfonamides is 1. The van der Waals surface area contributed by atoms with E-state index in [4.69, 9.17) is 16.3 Å². The fourth-order valence-corrected chi connectivity index (χ4v) is 7.02. The number of fused-ring (bicyclic) bond motifs is 1. The first-order chi connectivity index (χ1) is 19.6. The highest BCUT2D eigenvalue weighted by Crippen LogP contribution is 2.37. The molecule has 1 fully saturated rings. The molecule has 0 aromatic heterocycles. The Morgan fingerprint density at radius 3 is 2.44 bits per heavy atom. The molecule has 2 N–H and O–H groups in total. The first kappa shape index (κ1) is 29.5. The van der Waals surface area contributed by atoms with E-state index in [1.807, 2.05) is 59.3 Å². The van der Waals surface area contributed by atoms with Gasteiger partial charge in [-0.25, -0.2) is 13.1 Å². The number of hydrogen-bond acceptors (Lipinski definition) is 6. The van der Waals surface area contributed by atoms with E-state index in [1.165, 1.54) is 0 Å². The Bertz CT molecular complexity index is 1460. The van der Waals surface area contributed by atoms with Crippen molar-refractivity contribution in [2.75, 3.05) is 46.4 Å². The second-order valence-electron chi connectivity index (χ2n) is 11.2. The normalized spacial score (nSPS) is 21.2. The van der Waals surface area contributed by atoms with Crippen molar-refractivity contribution in [3.8, 4) is 16.9 Å². The lowest BCUT2D eigenvalue weighted by Gasteiger charge is -2.44. The molecule has 3 aromatic carbocycles. The number of hydrogen-bond donors (Lipinski definition) is 2. The number of benzene rings is 3. The molecule has 2 aliphatic rings. The molecular formula is C31H36ClN3O5S. The van der Waals surface area contributed by atoms with Gasteiger partial charge in [-0.1, -0.05) is 60.1 Å². The summed E-state index contributed by atoms with van der Waals surface area (Å²) < 4.78 is 35.5. The summed E-state index contributed by atoms with van der Waals surface area (Å²) in [6, 6.07) is 22.1. The van der Waals surface area contributed by atoms with Crippen LogP contribution >= 0.6 is 11.6 Å². The summed E-state index contributed by atoms with van der Waals surface area (Å²) in [6.07, 6.45) is 0.884. The first-order valence-electron chi connectivity index (χ1n) is 13.8. The zero-order valence-electron chi connectivity index (χ0n) is 23.1. The maximum Gasteiger partial charge on any atom is 0.244 e. The molecule has 1 spiro atoms. The molecular weight excluding hydrogens is 562 g/mol. The molecule has 1 unspecified atom stereocenters. The van der Waals surface area contributed by atoms with E-state index < -0.39 is 16.1 Å². The van der Waals surface area contributed by atoms with Crippen LogP contribution in [0.5, 0.6) is 5.75 Å². The second-order valence-corrected chi connectivity index (χ2v) is 13.4. The number of aliphatic hydroxyl groups excluding tert-OH is 1. The number of likely N-dealkylation sites (tertiary alicyclic amines) is 1. The van der Waals surface area contributed by atoms with Gasteiger partial charge in [0, 0.05) is 43.2 Å². The lowest BCUT2D eigenvalue weighted by atomic mass is 9.78. The molecule has 5 rings (SSSR count). The number of aliphatic hydroxyl groups is 1. The van der Waals surface area contributed by atoms with Gasteiger partial charge in [0.25, 0.3) is 0 Å². The lowest BCUT2D eigenvalue weighted by molar-refractivity contribution is -0.133. The Morgan fingerprint density at radius 1 is 1.05 bits per heavy atom. The molecule has 0 saturated carbocycles. The molecule has 1 atom stereocenters. The number of piperidine rings is 1. The summed E-state index contributed by atoms with van der Waals surface area (Å²) >= 11 is 6.07. The molecule has 0 aliphatic carbocycles. The van der Waals surface area contributed by atoms with Crippen molar-refractivity contribution in [1.29, 1.82) is 0 Å². The van der Waals surface area contributed by atoms with Crippen molar-refractivity contribution in [2.45, 2.75) is 30.3 Å². The Hall–Kier alpha value is -2.95. The standard InChI is InChI=1S/C31H36ClN3O5S/c1-34-20-27(36)19-33-41(38,39)29-12-9-25(24-7-10-26(32)11-8-24)18-28(29)40-22-31(21-34)13-15-35(16-14-31)30(37)17-23-5-3-2-4-6-23/h2-12,18,27,33,36H,13-17,19-22H2,1H3. The molecule has 8 nitrogen and oxygen atoms in total. The highest BCUT2D eigenvalue weighted by Gasteiger charge is 2.39. The van der Waals surface area contributed by atoms with Crippen molar-refractivity contribution < 1.29 is 23.1 Å². The second kappa shape index (κ2) is 12.5. The number of halogens is 1. The van der Waals surface area contributed by atoms with Gasteiger partial charge < -0.3 is 19.6 Å². The number of nitrogens with zero attached hydrogens (tertiary/aromatic N) is 2. The van der Waals surface area contributed by atoms with Crippen LogP contribution in [0.25, 0.3) is 11.1 Å². The number of rotatable bonds is 3. The molecule has 41 heavy (non-hydrogen) atoms. The zero-order valence-corrected chi connectivity index (χ0v) is 24.7. The fourth-order valence-electron chi connectivity index (χ4n) is 5.70. The smallest absolute Gasteiger partial charge is 0.244 e.